The highest BCUT2D eigenvalue weighted by molar-refractivity contribution is 7.83. The second-order valence-corrected chi connectivity index (χ2v) is 6.20. The van der Waals surface area contributed by atoms with Crippen LogP contribution in [0.2, 0.25) is 0 Å². The Hall–Kier alpha value is -1.45. The molecular formula is C16H19NOS. The molecule has 0 amide bonds. The lowest BCUT2D eigenvalue weighted by Crippen LogP contribution is -2.01. The smallest absolute Gasteiger partial charge is 0.0489 e. The normalized spacial score (nSPS) is 12.3. The molecule has 0 radical (unpaired) electrons. The van der Waals surface area contributed by atoms with Gasteiger partial charge in [-0.1, -0.05) is 54.1 Å². The zero-order valence-corrected chi connectivity index (χ0v) is 12.0. The summed E-state index contributed by atoms with van der Waals surface area (Å²) in [6, 6.07) is 16.2. The molecule has 0 heterocycles. The Morgan fingerprint density at radius 1 is 0.947 bits per heavy atom. The minimum atomic E-state index is -0.870. The number of aryl methyl sites for hydroxylation is 1. The van der Waals surface area contributed by atoms with E-state index in [0.29, 0.717) is 18.1 Å². The van der Waals surface area contributed by atoms with E-state index in [1.54, 1.807) is 0 Å². The Morgan fingerprint density at radius 2 is 1.58 bits per heavy atom. The summed E-state index contributed by atoms with van der Waals surface area (Å²) in [5.74, 6) is 1.21. The Kier molecular flexibility index (Phi) is 4.88. The van der Waals surface area contributed by atoms with Crippen molar-refractivity contribution in [3.05, 3.63) is 70.8 Å². The minimum Gasteiger partial charge on any atom is -0.326 e. The zero-order chi connectivity index (χ0) is 13.7. The molecule has 0 spiro atoms. The second-order valence-electron chi connectivity index (χ2n) is 4.74. The molecule has 1 atom stereocenters. The molecule has 2 N–H and O–H groups in total. The molecular weight excluding hydrogens is 254 g/mol. The Morgan fingerprint density at radius 3 is 2.21 bits per heavy atom. The predicted molar refractivity (Wildman–Crippen MR) is 81.1 cm³/mol. The first-order valence-electron chi connectivity index (χ1n) is 6.36. The molecule has 0 aliphatic rings. The molecule has 0 bridgehead atoms. The average Bonchev–Trinajstić information content (AvgIpc) is 2.39. The quantitative estimate of drug-likeness (QED) is 0.910. The van der Waals surface area contributed by atoms with Gasteiger partial charge in [-0.05, 0) is 23.6 Å². The van der Waals surface area contributed by atoms with Crippen molar-refractivity contribution in [1.82, 2.24) is 0 Å². The molecule has 1 unspecified atom stereocenters. The molecule has 3 heteroatoms. The summed E-state index contributed by atoms with van der Waals surface area (Å²) in [4.78, 5) is 0. The van der Waals surface area contributed by atoms with Crippen LogP contribution >= 0.6 is 0 Å². The van der Waals surface area contributed by atoms with Crippen molar-refractivity contribution in [3.63, 3.8) is 0 Å². The first-order chi connectivity index (χ1) is 9.17. The van der Waals surface area contributed by atoms with Crippen molar-refractivity contribution in [3.8, 4) is 0 Å². The molecule has 2 aromatic rings. The van der Waals surface area contributed by atoms with Gasteiger partial charge >= 0.3 is 0 Å². The molecule has 0 aromatic heterocycles. The Balaban J connectivity index is 1.97. The van der Waals surface area contributed by atoms with Gasteiger partial charge in [0.2, 0.25) is 0 Å². The summed E-state index contributed by atoms with van der Waals surface area (Å²) in [5.41, 5.74) is 10.1. The third-order valence-electron chi connectivity index (χ3n) is 3.00. The highest BCUT2D eigenvalue weighted by atomic mass is 32.2. The van der Waals surface area contributed by atoms with Crippen LogP contribution in [0.15, 0.2) is 48.5 Å². The van der Waals surface area contributed by atoms with Crippen molar-refractivity contribution < 1.29 is 4.21 Å². The van der Waals surface area contributed by atoms with E-state index in [1.807, 2.05) is 36.4 Å². The van der Waals surface area contributed by atoms with E-state index in [-0.39, 0.29) is 0 Å². The number of hydrogen-bond donors (Lipinski definition) is 1. The maximum absolute atomic E-state index is 12.1. The van der Waals surface area contributed by atoms with E-state index in [1.165, 1.54) is 5.56 Å². The van der Waals surface area contributed by atoms with E-state index in [0.717, 1.165) is 16.7 Å². The van der Waals surface area contributed by atoms with Crippen LogP contribution < -0.4 is 5.73 Å². The highest BCUT2D eigenvalue weighted by Gasteiger charge is 2.04. The van der Waals surface area contributed by atoms with Crippen LogP contribution in [0.4, 0.5) is 0 Å². The van der Waals surface area contributed by atoms with Crippen LogP contribution in [-0.2, 0) is 28.9 Å². The van der Waals surface area contributed by atoms with Gasteiger partial charge in [-0.25, -0.2) is 0 Å². The van der Waals surface area contributed by atoms with Gasteiger partial charge in [-0.15, -0.1) is 0 Å². The van der Waals surface area contributed by atoms with Gasteiger partial charge in [0.15, 0.2) is 0 Å². The molecule has 0 fully saturated rings. The molecule has 19 heavy (non-hydrogen) atoms. The molecule has 2 rings (SSSR count). The van der Waals surface area contributed by atoms with Gasteiger partial charge in [0.1, 0.15) is 0 Å². The van der Waals surface area contributed by atoms with Gasteiger partial charge in [0, 0.05) is 28.9 Å². The lowest BCUT2D eigenvalue weighted by Gasteiger charge is -2.05. The number of benzene rings is 2. The average molecular weight is 273 g/mol. The maximum atomic E-state index is 12.1. The fourth-order valence-electron chi connectivity index (χ4n) is 2.00. The molecule has 0 saturated carbocycles. The monoisotopic (exact) mass is 273 g/mol. The third kappa shape index (κ3) is 4.30. The van der Waals surface area contributed by atoms with Gasteiger partial charge in [0.05, 0.1) is 0 Å². The van der Waals surface area contributed by atoms with Gasteiger partial charge < -0.3 is 5.73 Å². The maximum Gasteiger partial charge on any atom is 0.0489 e. The van der Waals surface area contributed by atoms with E-state index >= 15 is 0 Å². The molecule has 2 nitrogen and oxygen atoms in total. The predicted octanol–water partition coefficient (Wildman–Crippen LogP) is 2.90. The topological polar surface area (TPSA) is 43.1 Å². The highest BCUT2D eigenvalue weighted by Crippen LogP contribution is 2.11. The zero-order valence-electron chi connectivity index (χ0n) is 11.1. The molecule has 0 aliphatic heterocycles. The molecule has 0 saturated heterocycles. The van der Waals surface area contributed by atoms with E-state index in [2.05, 4.69) is 19.1 Å². The van der Waals surface area contributed by atoms with Crippen LogP contribution in [0.25, 0.3) is 0 Å². The largest absolute Gasteiger partial charge is 0.326 e. The van der Waals surface area contributed by atoms with Crippen LogP contribution in [0, 0.1) is 6.92 Å². The fraction of sp³-hybridized carbons (Fsp3) is 0.250. The van der Waals surface area contributed by atoms with Crippen LogP contribution in [0.3, 0.4) is 0 Å². The van der Waals surface area contributed by atoms with Crippen molar-refractivity contribution in [2.75, 3.05) is 0 Å². The van der Waals surface area contributed by atoms with Gasteiger partial charge in [-0.2, -0.15) is 0 Å². The number of nitrogens with two attached hydrogens (primary N) is 1. The number of rotatable bonds is 5. The van der Waals surface area contributed by atoms with E-state index in [4.69, 9.17) is 5.73 Å². The van der Waals surface area contributed by atoms with Crippen molar-refractivity contribution in [2.45, 2.75) is 25.0 Å². The van der Waals surface area contributed by atoms with Crippen LogP contribution in [0.5, 0.6) is 0 Å². The van der Waals surface area contributed by atoms with Gasteiger partial charge in [-0.3, -0.25) is 4.21 Å². The first-order valence-corrected chi connectivity index (χ1v) is 7.84. The Labute approximate surface area is 117 Å². The fourth-order valence-corrected chi connectivity index (χ4v) is 3.21. The minimum absolute atomic E-state index is 0.548. The van der Waals surface area contributed by atoms with Crippen molar-refractivity contribution in [1.29, 1.82) is 0 Å². The van der Waals surface area contributed by atoms with E-state index in [9.17, 15) is 4.21 Å². The van der Waals surface area contributed by atoms with E-state index < -0.39 is 10.8 Å². The van der Waals surface area contributed by atoms with Crippen LogP contribution in [-0.4, -0.2) is 4.21 Å². The summed E-state index contributed by atoms with van der Waals surface area (Å²) in [5, 5.41) is 0. The standard InChI is InChI=1S/C16H19NOS/c1-13-3-2-4-16(9-13)12-19(18)11-15-7-5-14(10-17)6-8-15/h2-9H,10-12,17H2,1H3. The van der Waals surface area contributed by atoms with Crippen molar-refractivity contribution in [2.24, 2.45) is 5.73 Å². The molecule has 2 aromatic carbocycles. The summed E-state index contributed by atoms with van der Waals surface area (Å²) in [6.45, 7) is 2.60. The first kappa shape index (κ1) is 14.0. The third-order valence-corrected chi connectivity index (χ3v) is 4.31. The summed E-state index contributed by atoms with van der Waals surface area (Å²) in [7, 11) is -0.870. The van der Waals surface area contributed by atoms with Crippen molar-refractivity contribution >= 4 is 10.8 Å². The molecule has 0 aliphatic carbocycles. The summed E-state index contributed by atoms with van der Waals surface area (Å²) >= 11 is 0. The molecule has 100 valence electrons. The van der Waals surface area contributed by atoms with Crippen LogP contribution in [0.1, 0.15) is 22.3 Å². The second kappa shape index (κ2) is 6.64. The van der Waals surface area contributed by atoms with Gasteiger partial charge in [0.25, 0.3) is 0 Å². The Bertz CT molecular complexity index is 563. The summed E-state index contributed by atoms with van der Waals surface area (Å²) in [6.07, 6.45) is 0. The SMILES string of the molecule is Cc1cccc(CS(=O)Cc2ccc(CN)cc2)c1. The summed E-state index contributed by atoms with van der Waals surface area (Å²) < 4.78 is 12.1. The lowest BCUT2D eigenvalue weighted by molar-refractivity contribution is 0.682. The number of hydrogen-bond acceptors (Lipinski definition) is 2. The lowest BCUT2D eigenvalue weighted by atomic mass is 10.1.